The summed E-state index contributed by atoms with van der Waals surface area (Å²) in [7, 11) is 3.03. The van der Waals surface area contributed by atoms with Crippen molar-refractivity contribution >= 4 is 11.2 Å². The quantitative estimate of drug-likeness (QED) is 0.313. The number of fused-ring (bicyclic) bond motifs is 2. The summed E-state index contributed by atoms with van der Waals surface area (Å²) in [6, 6.07) is -0.0596. The monoisotopic (exact) mass is 412 g/mol. The van der Waals surface area contributed by atoms with Gasteiger partial charge in [-0.15, -0.1) is 0 Å². The Hall–Kier alpha value is -2.13. The zero-order valence-electron chi connectivity index (χ0n) is 16.1. The lowest BCUT2D eigenvalue weighted by molar-refractivity contribution is -1.21. The minimum Gasteiger partial charge on any atom is -0.566 e. The molecule has 13 nitrogen and oxygen atoms in total. The smallest absolute Gasteiger partial charge is 0.332 e. The molecule has 2 aromatic heterocycles. The number of ether oxygens (including phenoxy) is 2. The maximum Gasteiger partial charge on any atom is 0.332 e. The van der Waals surface area contributed by atoms with E-state index >= 15 is 0 Å². The molecule has 4 heterocycles. The van der Waals surface area contributed by atoms with E-state index < -0.39 is 23.3 Å². The highest BCUT2D eigenvalue weighted by Gasteiger charge is 2.49. The van der Waals surface area contributed by atoms with Gasteiger partial charge in [0.15, 0.2) is 17.3 Å². The van der Waals surface area contributed by atoms with Gasteiger partial charge >= 0.3 is 5.69 Å². The lowest BCUT2D eigenvalue weighted by Crippen LogP contribution is -3.04. The fourth-order valence-corrected chi connectivity index (χ4v) is 3.97. The molecule has 3 N–H and O–H groups in total. The van der Waals surface area contributed by atoms with E-state index in [4.69, 9.17) is 19.5 Å². The summed E-state index contributed by atoms with van der Waals surface area (Å²) in [5.41, 5.74) is -0.0232. The number of hydrogen-bond donors (Lipinski definition) is 3. The van der Waals surface area contributed by atoms with Crippen LogP contribution in [0.1, 0.15) is 6.42 Å². The van der Waals surface area contributed by atoms with Gasteiger partial charge in [-0.05, 0) is 13.0 Å². The Morgan fingerprint density at radius 2 is 2.07 bits per heavy atom. The van der Waals surface area contributed by atoms with Gasteiger partial charge in [-0.3, -0.25) is 13.9 Å². The molecule has 0 spiro atoms. The zero-order chi connectivity index (χ0) is 20.7. The lowest BCUT2D eigenvalue weighted by atomic mass is 10.1. The Labute approximate surface area is 164 Å². The molecule has 13 heteroatoms. The molecular formula is C16H24N6O7. The molecular weight excluding hydrogens is 388 g/mol. The number of nitrogens with zero attached hydrogens (tertiary/aromatic N) is 4. The molecule has 0 aromatic carbocycles. The molecule has 0 saturated carbocycles. The minimum atomic E-state index is -1.34. The summed E-state index contributed by atoms with van der Waals surface area (Å²) in [6.07, 6.45) is 1.01. The van der Waals surface area contributed by atoms with Crippen molar-refractivity contribution in [3.63, 3.8) is 0 Å². The molecule has 0 radical (unpaired) electrons. The van der Waals surface area contributed by atoms with Crippen molar-refractivity contribution in [1.29, 1.82) is 0 Å². The first-order chi connectivity index (χ1) is 13.9. The van der Waals surface area contributed by atoms with Crippen LogP contribution in [0.5, 0.6) is 0 Å². The minimum absolute atomic E-state index is 0.0596. The molecule has 0 bridgehead atoms. The summed E-state index contributed by atoms with van der Waals surface area (Å²) in [5, 5.41) is 21.5. The Balaban J connectivity index is 1.34. The van der Waals surface area contributed by atoms with E-state index in [2.05, 4.69) is 10.3 Å². The first-order valence-electron chi connectivity index (χ1n) is 9.35. The molecule has 5 unspecified atom stereocenters. The van der Waals surface area contributed by atoms with Crippen LogP contribution in [0.15, 0.2) is 15.9 Å². The van der Waals surface area contributed by atoms with Crippen molar-refractivity contribution in [2.75, 3.05) is 19.8 Å². The van der Waals surface area contributed by atoms with E-state index in [1.807, 2.05) is 0 Å². The van der Waals surface area contributed by atoms with Gasteiger partial charge in [0, 0.05) is 20.6 Å². The zero-order valence-corrected chi connectivity index (χ0v) is 16.1. The van der Waals surface area contributed by atoms with Gasteiger partial charge in [0.2, 0.25) is 0 Å². The fourth-order valence-electron chi connectivity index (χ4n) is 3.97. The Morgan fingerprint density at radius 1 is 1.31 bits per heavy atom. The number of aryl methyl sites for hydroxylation is 2. The van der Waals surface area contributed by atoms with Gasteiger partial charge in [0.25, 0.3) is 5.56 Å². The fraction of sp³-hybridized carbons (Fsp3) is 0.688. The summed E-state index contributed by atoms with van der Waals surface area (Å²) in [5.74, 6) is 0. The Morgan fingerprint density at radius 3 is 2.83 bits per heavy atom. The normalized spacial score (nSPS) is 27.6. The van der Waals surface area contributed by atoms with Crippen LogP contribution in [0.25, 0.3) is 11.2 Å². The predicted octanol–water partition coefficient (Wildman–Crippen LogP) is -3.35. The maximum atomic E-state index is 12.4. The average molecular weight is 412 g/mol. The molecule has 29 heavy (non-hydrogen) atoms. The van der Waals surface area contributed by atoms with Gasteiger partial charge in [-0.25, -0.2) is 9.78 Å². The van der Waals surface area contributed by atoms with E-state index in [1.165, 1.54) is 11.6 Å². The van der Waals surface area contributed by atoms with Crippen molar-refractivity contribution in [2.24, 2.45) is 14.1 Å². The van der Waals surface area contributed by atoms with E-state index in [9.17, 15) is 14.8 Å². The number of aromatic nitrogens is 4. The molecule has 5 atom stereocenters. The highest BCUT2D eigenvalue weighted by atomic mass is 17.1. The second kappa shape index (κ2) is 7.95. The maximum absolute atomic E-state index is 12.4. The third kappa shape index (κ3) is 3.61. The molecule has 0 aliphatic carbocycles. The largest absolute Gasteiger partial charge is 0.566 e. The average Bonchev–Trinajstić information content (AvgIpc) is 3.38. The molecule has 2 aliphatic heterocycles. The van der Waals surface area contributed by atoms with Crippen LogP contribution in [-0.4, -0.2) is 68.0 Å². The lowest BCUT2D eigenvalue weighted by Gasteiger charge is -2.19. The third-order valence-corrected chi connectivity index (χ3v) is 5.46. The van der Waals surface area contributed by atoms with Gasteiger partial charge in [-0.1, -0.05) is 5.39 Å². The first kappa shape index (κ1) is 20.2. The van der Waals surface area contributed by atoms with Crippen molar-refractivity contribution in [3.05, 3.63) is 32.4 Å². The van der Waals surface area contributed by atoms with Crippen molar-refractivity contribution in [2.45, 2.75) is 37.3 Å². The van der Waals surface area contributed by atoms with Crippen LogP contribution in [0.3, 0.4) is 0 Å². The topological polar surface area (TPSA) is 149 Å². The highest BCUT2D eigenvalue weighted by Crippen LogP contribution is 2.28. The highest BCUT2D eigenvalue weighted by molar-refractivity contribution is 5.69. The standard InChI is InChI=1S/C16H24N6O7/c1-19-14-11(15(23)20(2)16(19)24)21(8-18-14)5-3-4-17-9-6-27-13-10(29-22(25)26)7-28-12(9)13/h8-10,12-13,17,22,25H,3-7H2,1-2H3. The van der Waals surface area contributed by atoms with Crippen LogP contribution in [0, 0.1) is 5.21 Å². The SMILES string of the molecule is Cn1c(=O)c2c(ncn2CCCNC2COC3C(O[NH+]([O-])O)COC23)n(C)c1=O. The van der Waals surface area contributed by atoms with Crippen LogP contribution < -0.4 is 22.0 Å². The summed E-state index contributed by atoms with van der Waals surface area (Å²) in [4.78, 5) is 33.4. The second-order valence-corrected chi connectivity index (χ2v) is 7.25. The second-order valence-electron chi connectivity index (χ2n) is 7.25. The predicted molar refractivity (Wildman–Crippen MR) is 97.1 cm³/mol. The van der Waals surface area contributed by atoms with Gasteiger partial charge in [0.05, 0.1) is 25.6 Å². The van der Waals surface area contributed by atoms with E-state index in [-0.39, 0.29) is 24.3 Å². The van der Waals surface area contributed by atoms with Crippen molar-refractivity contribution in [1.82, 2.24) is 24.0 Å². The van der Waals surface area contributed by atoms with E-state index in [1.54, 1.807) is 17.9 Å². The van der Waals surface area contributed by atoms with Crippen LogP contribution in [0.2, 0.25) is 0 Å². The van der Waals surface area contributed by atoms with Gasteiger partial charge in [0.1, 0.15) is 12.2 Å². The molecule has 4 rings (SSSR count). The molecule has 2 aromatic rings. The number of hydrogen-bond acceptors (Lipinski definition) is 9. The van der Waals surface area contributed by atoms with Gasteiger partial charge < -0.3 is 24.6 Å². The van der Waals surface area contributed by atoms with Crippen LogP contribution >= 0.6 is 0 Å². The van der Waals surface area contributed by atoms with Crippen LogP contribution in [-0.2, 0) is 35.0 Å². The molecule has 2 aliphatic rings. The summed E-state index contributed by atoms with van der Waals surface area (Å²) in [6.45, 7) is 1.77. The van der Waals surface area contributed by atoms with Crippen LogP contribution in [0.4, 0.5) is 0 Å². The Kier molecular flexibility index (Phi) is 5.52. The van der Waals surface area contributed by atoms with Gasteiger partial charge in [-0.2, -0.15) is 10.0 Å². The van der Waals surface area contributed by atoms with E-state index in [0.717, 1.165) is 4.57 Å². The molecule has 160 valence electrons. The number of quaternary nitrogens is 1. The van der Waals surface area contributed by atoms with Crippen molar-refractivity contribution in [3.8, 4) is 0 Å². The molecule has 2 saturated heterocycles. The molecule has 0 amide bonds. The Bertz CT molecular complexity index is 998. The van der Waals surface area contributed by atoms with E-state index in [0.29, 0.717) is 37.3 Å². The van der Waals surface area contributed by atoms with Crippen molar-refractivity contribution < 1.29 is 24.9 Å². The number of rotatable bonds is 7. The summed E-state index contributed by atoms with van der Waals surface area (Å²) >= 11 is 0. The first-order valence-corrected chi connectivity index (χ1v) is 9.35. The number of imidazole rings is 1. The third-order valence-electron chi connectivity index (χ3n) is 5.46. The number of nitrogens with one attached hydrogen (secondary N) is 2. The summed E-state index contributed by atoms with van der Waals surface area (Å²) < 4.78 is 15.5. The molecule has 2 fully saturated rings.